The highest BCUT2D eigenvalue weighted by Crippen LogP contribution is 2.31. The molecule has 2 amide bonds. The van der Waals surface area contributed by atoms with Gasteiger partial charge in [-0.1, -0.05) is 42.1 Å². The number of aromatic nitrogens is 1. The smallest absolute Gasteiger partial charge is 0.255 e. The summed E-state index contributed by atoms with van der Waals surface area (Å²) in [6, 6.07) is 19.0. The van der Waals surface area contributed by atoms with Gasteiger partial charge in [-0.25, -0.2) is 4.98 Å². The van der Waals surface area contributed by atoms with Crippen LogP contribution in [-0.4, -0.2) is 22.6 Å². The summed E-state index contributed by atoms with van der Waals surface area (Å²) >= 11 is 2.92. The Morgan fingerprint density at radius 2 is 1.72 bits per heavy atom. The van der Waals surface area contributed by atoms with E-state index in [1.54, 1.807) is 0 Å². The van der Waals surface area contributed by atoms with Crippen LogP contribution in [0.15, 0.2) is 65.0 Å². The highest BCUT2D eigenvalue weighted by Gasteiger charge is 2.12. The van der Waals surface area contributed by atoms with Gasteiger partial charge in [-0.3, -0.25) is 9.59 Å². The largest absolute Gasteiger partial charge is 0.325 e. The number of rotatable bonds is 6. The fourth-order valence-electron chi connectivity index (χ4n) is 3.27. The van der Waals surface area contributed by atoms with E-state index in [0.29, 0.717) is 5.56 Å². The maximum absolute atomic E-state index is 12.6. The van der Waals surface area contributed by atoms with Gasteiger partial charge in [0.05, 0.1) is 16.0 Å². The summed E-state index contributed by atoms with van der Waals surface area (Å²) < 4.78 is 1.78. The number of hydrogen-bond donors (Lipinski definition) is 2. The maximum atomic E-state index is 12.6. The molecule has 32 heavy (non-hydrogen) atoms. The van der Waals surface area contributed by atoms with Crippen molar-refractivity contribution in [2.24, 2.45) is 0 Å². The summed E-state index contributed by atoms with van der Waals surface area (Å²) in [6.45, 7) is 5.95. The number of amides is 2. The Balaban J connectivity index is 1.40. The Bertz CT molecular complexity index is 1310. The third-order valence-electron chi connectivity index (χ3n) is 5.22. The van der Waals surface area contributed by atoms with E-state index in [0.717, 1.165) is 42.6 Å². The van der Waals surface area contributed by atoms with Crippen molar-refractivity contribution in [1.82, 2.24) is 4.98 Å². The number of hydrogen-bond acceptors (Lipinski definition) is 5. The lowest BCUT2D eigenvalue weighted by molar-refractivity contribution is -0.113. The van der Waals surface area contributed by atoms with Crippen molar-refractivity contribution in [2.45, 2.75) is 25.1 Å². The second kappa shape index (κ2) is 9.54. The molecule has 0 aliphatic heterocycles. The molecule has 3 aromatic carbocycles. The zero-order valence-corrected chi connectivity index (χ0v) is 19.7. The van der Waals surface area contributed by atoms with Gasteiger partial charge in [0.1, 0.15) is 0 Å². The summed E-state index contributed by atoms with van der Waals surface area (Å²) in [5.41, 5.74) is 6.22. The number of thioether (sulfide) groups is 1. The van der Waals surface area contributed by atoms with Crippen molar-refractivity contribution in [3.05, 3.63) is 82.9 Å². The quantitative estimate of drug-likeness (QED) is 0.335. The van der Waals surface area contributed by atoms with Gasteiger partial charge in [-0.2, -0.15) is 0 Å². The molecule has 0 unspecified atom stereocenters. The van der Waals surface area contributed by atoms with Crippen molar-refractivity contribution in [3.8, 4) is 0 Å². The summed E-state index contributed by atoms with van der Waals surface area (Å²) in [5.74, 6) is 0.0863. The lowest BCUT2D eigenvalue weighted by Crippen LogP contribution is -2.15. The minimum absolute atomic E-state index is 0.0610. The van der Waals surface area contributed by atoms with Crippen LogP contribution in [0.5, 0.6) is 0 Å². The Morgan fingerprint density at radius 3 is 2.53 bits per heavy atom. The lowest BCUT2D eigenvalue weighted by atomic mass is 10.1. The van der Waals surface area contributed by atoms with Crippen LogP contribution in [0, 0.1) is 20.8 Å². The van der Waals surface area contributed by atoms with Gasteiger partial charge in [0, 0.05) is 16.9 Å². The van der Waals surface area contributed by atoms with Crippen molar-refractivity contribution in [2.75, 3.05) is 16.4 Å². The highest BCUT2D eigenvalue weighted by atomic mass is 32.2. The van der Waals surface area contributed by atoms with Crippen LogP contribution < -0.4 is 10.6 Å². The van der Waals surface area contributed by atoms with Gasteiger partial charge in [0.15, 0.2) is 4.34 Å². The Kier molecular flexibility index (Phi) is 6.58. The molecule has 0 saturated carbocycles. The van der Waals surface area contributed by atoms with E-state index < -0.39 is 0 Å². The minimum Gasteiger partial charge on any atom is -0.325 e. The number of nitrogens with zero attached hydrogens (tertiary/aromatic N) is 1. The Hall–Kier alpha value is -3.16. The van der Waals surface area contributed by atoms with Crippen molar-refractivity contribution in [3.63, 3.8) is 0 Å². The van der Waals surface area contributed by atoms with Gasteiger partial charge >= 0.3 is 0 Å². The normalized spacial score (nSPS) is 10.8. The van der Waals surface area contributed by atoms with E-state index in [4.69, 9.17) is 0 Å². The zero-order valence-electron chi connectivity index (χ0n) is 18.1. The number of carbonyl (C=O) groups is 2. The molecule has 7 heteroatoms. The molecule has 4 aromatic rings. The fourth-order valence-corrected chi connectivity index (χ4v) is 5.18. The molecule has 4 rings (SSSR count). The second-order valence-corrected chi connectivity index (χ2v) is 9.77. The number of anilines is 2. The van der Waals surface area contributed by atoms with Gasteiger partial charge in [-0.05, 0) is 67.8 Å². The molecule has 0 spiro atoms. The van der Waals surface area contributed by atoms with Crippen LogP contribution in [0.2, 0.25) is 0 Å². The third-order valence-corrected chi connectivity index (χ3v) is 7.38. The first-order valence-corrected chi connectivity index (χ1v) is 12.0. The molecule has 0 fully saturated rings. The number of fused-ring (bicyclic) bond motifs is 1. The summed E-state index contributed by atoms with van der Waals surface area (Å²) in [6.07, 6.45) is 0. The van der Waals surface area contributed by atoms with Crippen LogP contribution in [-0.2, 0) is 4.79 Å². The van der Waals surface area contributed by atoms with Crippen molar-refractivity contribution < 1.29 is 9.59 Å². The second-order valence-electron chi connectivity index (χ2n) is 7.52. The average molecular weight is 462 g/mol. The number of aryl methyl sites for hydroxylation is 2. The molecular weight excluding hydrogens is 438 g/mol. The van der Waals surface area contributed by atoms with Crippen LogP contribution in [0.25, 0.3) is 10.2 Å². The van der Waals surface area contributed by atoms with E-state index in [1.807, 2.05) is 81.4 Å². The van der Waals surface area contributed by atoms with E-state index in [9.17, 15) is 9.59 Å². The highest BCUT2D eigenvalue weighted by molar-refractivity contribution is 8.01. The van der Waals surface area contributed by atoms with Gasteiger partial charge in [0.25, 0.3) is 5.91 Å². The maximum Gasteiger partial charge on any atom is 0.255 e. The molecule has 0 radical (unpaired) electrons. The van der Waals surface area contributed by atoms with E-state index in [1.165, 1.54) is 23.1 Å². The van der Waals surface area contributed by atoms with Gasteiger partial charge < -0.3 is 10.6 Å². The number of thiazole rings is 1. The first-order valence-electron chi connectivity index (χ1n) is 10.2. The molecule has 0 aliphatic rings. The molecule has 2 N–H and O–H groups in total. The summed E-state index contributed by atoms with van der Waals surface area (Å²) in [7, 11) is 0. The molecule has 5 nitrogen and oxygen atoms in total. The SMILES string of the molecule is Cc1ccccc1C(=O)Nc1ccc2nc(SCC(=O)Nc3cccc(C)c3C)sc2c1. The average Bonchev–Trinajstić information content (AvgIpc) is 3.18. The number of benzene rings is 3. The Morgan fingerprint density at radius 1 is 0.938 bits per heavy atom. The van der Waals surface area contributed by atoms with Gasteiger partial charge in [-0.15, -0.1) is 11.3 Å². The third kappa shape index (κ3) is 5.00. The molecule has 1 aromatic heterocycles. The van der Waals surface area contributed by atoms with Crippen LogP contribution in [0.1, 0.15) is 27.0 Å². The van der Waals surface area contributed by atoms with Crippen molar-refractivity contribution >= 4 is 56.5 Å². The van der Waals surface area contributed by atoms with Crippen LogP contribution >= 0.6 is 23.1 Å². The molecule has 162 valence electrons. The standard InChI is InChI=1S/C25H23N3O2S2/c1-15-8-6-10-20(17(15)3)27-23(29)14-31-25-28-21-12-11-18(13-22(21)32-25)26-24(30)19-9-5-4-7-16(19)2/h4-13H,14H2,1-3H3,(H,26,30)(H,27,29). The number of nitrogens with one attached hydrogen (secondary N) is 2. The van der Waals surface area contributed by atoms with E-state index >= 15 is 0 Å². The predicted octanol–water partition coefficient (Wildman–Crippen LogP) is 6.20. The van der Waals surface area contributed by atoms with Crippen molar-refractivity contribution in [1.29, 1.82) is 0 Å². The molecule has 0 bridgehead atoms. The molecule has 0 saturated heterocycles. The van der Waals surface area contributed by atoms with Crippen LogP contribution in [0.3, 0.4) is 0 Å². The first-order chi connectivity index (χ1) is 15.4. The topological polar surface area (TPSA) is 71.1 Å². The minimum atomic E-state index is -0.135. The zero-order chi connectivity index (χ0) is 22.7. The van der Waals surface area contributed by atoms with Gasteiger partial charge in [0.2, 0.25) is 5.91 Å². The summed E-state index contributed by atoms with van der Waals surface area (Å²) in [4.78, 5) is 29.6. The van der Waals surface area contributed by atoms with E-state index in [2.05, 4.69) is 15.6 Å². The molecule has 0 atom stereocenters. The predicted molar refractivity (Wildman–Crippen MR) is 134 cm³/mol. The summed E-state index contributed by atoms with van der Waals surface area (Å²) in [5, 5.41) is 5.93. The number of carbonyl (C=O) groups excluding carboxylic acids is 2. The Labute approximate surface area is 195 Å². The van der Waals surface area contributed by atoms with E-state index in [-0.39, 0.29) is 17.6 Å². The monoisotopic (exact) mass is 461 g/mol. The lowest BCUT2D eigenvalue weighted by Gasteiger charge is -2.09. The first kappa shape index (κ1) is 22.0. The van der Waals surface area contributed by atoms with Crippen LogP contribution in [0.4, 0.5) is 11.4 Å². The molecule has 1 heterocycles. The molecule has 0 aliphatic carbocycles. The fraction of sp³-hybridized carbons (Fsp3) is 0.160. The molecular formula is C25H23N3O2S2.